The van der Waals surface area contributed by atoms with Crippen LogP contribution in [0.2, 0.25) is 0 Å². The van der Waals surface area contributed by atoms with Gasteiger partial charge in [0.05, 0.1) is 0 Å². The normalized spacial score (nSPS) is 20.5. The van der Waals surface area contributed by atoms with E-state index in [-0.39, 0.29) is 5.91 Å². The van der Waals surface area contributed by atoms with Crippen molar-refractivity contribution in [2.75, 3.05) is 32.7 Å². The fraction of sp³-hybridized carbons (Fsp3) is 0.619. The van der Waals surface area contributed by atoms with Crippen LogP contribution in [0.5, 0.6) is 0 Å². The Morgan fingerprint density at radius 2 is 2.00 bits per heavy atom. The first-order chi connectivity index (χ1) is 12.7. The highest BCUT2D eigenvalue weighted by Gasteiger charge is 2.29. The van der Waals surface area contributed by atoms with Crippen molar-refractivity contribution in [3.8, 4) is 0 Å². The van der Waals surface area contributed by atoms with Gasteiger partial charge < -0.3 is 15.5 Å². The molecule has 0 spiro atoms. The monoisotopic (exact) mass is 356 g/mol. The van der Waals surface area contributed by atoms with E-state index < -0.39 is 0 Å². The Hall–Kier alpha value is -2.04. The number of guanidine groups is 1. The largest absolute Gasteiger partial charge is 0.357 e. The number of hydrogen-bond donors (Lipinski definition) is 2. The first kappa shape index (κ1) is 18.7. The van der Waals surface area contributed by atoms with Crippen molar-refractivity contribution in [1.82, 2.24) is 15.5 Å². The summed E-state index contributed by atoms with van der Waals surface area (Å²) in [6.07, 6.45) is 5.56. The van der Waals surface area contributed by atoms with E-state index >= 15 is 0 Å². The third-order valence-electron chi connectivity index (χ3n) is 5.20. The van der Waals surface area contributed by atoms with Crippen molar-refractivity contribution in [2.45, 2.75) is 39.0 Å². The van der Waals surface area contributed by atoms with Gasteiger partial charge in [-0.05, 0) is 31.2 Å². The SMILES string of the molecule is CCNC(=NCC1CC(=O)N(CCc2ccccc2)C1)NCCC1CC1. The Morgan fingerprint density at radius 1 is 1.19 bits per heavy atom. The van der Waals surface area contributed by atoms with Crippen LogP contribution in [0, 0.1) is 11.8 Å². The third-order valence-corrected chi connectivity index (χ3v) is 5.20. The molecule has 2 N–H and O–H groups in total. The number of amides is 1. The second kappa shape index (κ2) is 9.60. The van der Waals surface area contributed by atoms with E-state index in [1.807, 2.05) is 11.0 Å². The Kier molecular flexibility index (Phi) is 6.92. The van der Waals surface area contributed by atoms with Gasteiger partial charge in [-0.25, -0.2) is 0 Å². The maximum Gasteiger partial charge on any atom is 0.223 e. The molecule has 1 aliphatic carbocycles. The van der Waals surface area contributed by atoms with Crippen LogP contribution in [0.1, 0.15) is 38.2 Å². The van der Waals surface area contributed by atoms with Gasteiger partial charge in [0.25, 0.3) is 0 Å². The molecule has 2 aliphatic rings. The second-order valence-corrected chi connectivity index (χ2v) is 7.52. The quantitative estimate of drug-likeness (QED) is 0.528. The van der Waals surface area contributed by atoms with Crippen molar-refractivity contribution < 1.29 is 4.79 Å². The minimum Gasteiger partial charge on any atom is -0.357 e. The van der Waals surface area contributed by atoms with Crippen LogP contribution in [-0.2, 0) is 11.2 Å². The Labute approximate surface area is 157 Å². The molecule has 0 bridgehead atoms. The zero-order valence-electron chi connectivity index (χ0n) is 15.9. The summed E-state index contributed by atoms with van der Waals surface area (Å²) >= 11 is 0. The number of benzene rings is 1. The van der Waals surface area contributed by atoms with E-state index in [0.717, 1.165) is 44.5 Å². The molecule has 1 aromatic rings. The van der Waals surface area contributed by atoms with Gasteiger partial charge in [0, 0.05) is 45.1 Å². The lowest BCUT2D eigenvalue weighted by molar-refractivity contribution is -0.127. The van der Waals surface area contributed by atoms with Crippen molar-refractivity contribution in [1.29, 1.82) is 0 Å². The molecule has 0 aromatic heterocycles. The third kappa shape index (κ3) is 6.04. The zero-order valence-corrected chi connectivity index (χ0v) is 15.9. The van der Waals surface area contributed by atoms with Gasteiger partial charge in [-0.1, -0.05) is 43.2 Å². The molecule has 142 valence electrons. The van der Waals surface area contributed by atoms with Gasteiger partial charge in [0.1, 0.15) is 0 Å². The molecule has 3 rings (SSSR count). The van der Waals surface area contributed by atoms with Crippen molar-refractivity contribution >= 4 is 11.9 Å². The molecule has 1 heterocycles. The second-order valence-electron chi connectivity index (χ2n) is 7.52. The van der Waals surface area contributed by atoms with Gasteiger partial charge >= 0.3 is 0 Å². The van der Waals surface area contributed by atoms with Crippen LogP contribution in [0.15, 0.2) is 35.3 Å². The summed E-state index contributed by atoms with van der Waals surface area (Å²) in [5.41, 5.74) is 1.29. The molecule has 1 amide bonds. The Balaban J connectivity index is 1.42. The minimum atomic E-state index is 0.271. The predicted molar refractivity (Wildman–Crippen MR) is 106 cm³/mol. The molecule has 1 atom stereocenters. The standard InChI is InChI=1S/C21H32N4O/c1-2-22-21(23-12-10-18-8-9-18)24-15-19-14-20(26)25(16-19)13-11-17-6-4-3-5-7-17/h3-7,18-19H,2,8-16H2,1H3,(H2,22,23,24). The van der Waals surface area contributed by atoms with E-state index in [2.05, 4.69) is 41.8 Å². The molecule has 1 saturated carbocycles. The molecule has 2 fully saturated rings. The summed E-state index contributed by atoms with van der Waals surface area (Å²) in [5, 5.41) is 6.74. The van der Waals surface area contributed by atoms with Gasteiger partial charge in [-0.2, -0.15) is 0 Å². The molecule has 1 aromatic carbocycles. The first-order valence-corrected chi connectivity index (χ1v) is 10.1. The van der Waals surface area contributed by atoms with Crippen LogP contribution in [-0.4, -0.2) is 49.5 Å². The molecule has 5 nitrogen and oxygen atoms in total. The Morgan fingerprint density at radius 3 is 2.73 bits per heavy atom. The predicted octanol–water partition coefficient (Wildman–Crippen LogP) is 2.43. The molecular formula is C21H32N4O. The number of carbonyl (C=O) groups excluding carboxylic acids is 1. The molecule has 0 radical (unpaired) electrons. The van der Waals surface area contributed by atoms with E-state index in [4.69, 9.17) is 4.99 Å². The van der Waals surface area contributed by atoms with E-state index in [1.165, 1.54) is 24.8 Å². The fourth-order valence-electron chi connectivity index (χ4n) is 3.46. The molecule has 1 aliphatic heterocycles. The van der Waals surface area contributed by atoms with Crippen LogP contribution >= 0.6 is 0 Å². The lowest BCUT2D eigenvalue weighted by Gasteiger charge is -2.16. The lowest BCUT2D eigenvalue weighted by atomic mass is 10.1. The smallest absolute Gasteiger partial charge is 0.223 e. The summed E-state index contributed by atoms with van der Waals surface area (Å²) in [6, 6.07) is 10.4. The van der Waals surface area contributed by atoms with E-state index in [9.17, 15) is 4.79 Å². The van der Waals surface area contributed by atoms with Crippen molar-refractivity contribution in [2.24, 2.45) is 16.8 Å². The zero-order chi connectivity index (χ0) is 18.2. The molecule has 1 unspecified atom stereocenters. The maximum absolute atomic E-state index is 12.3. The van der Waals surface area contributed by atoms with E-state index in [1.54, 1.807) is 0 Å². The number of aliphatic imine (C=N–C) groups is 1. The summed E-state index contributed by atoms with van der Waals surface area (Å²) < 4.78 is 0. The maximum atomic E-state index is 12.3. The fourth-order valence-corrected chi connectivity index (χ4v) is 3.46. The molecule has 26 heavy (non-hydrogen) atoms. The van der Waals surface area contributed by atoms with Crippen LogP contribution < -0.4 is 10.6 Å². The summed E-state index contributed by atoms with van der Waals surface area (Å²) in [4.78, 5) is 19.0. The average Bonchev–Trinajstić information content (AvgIpc) is 3.41. The Bertz CT molecular complexity index is 597. The number of carbonyl (C=O) groups is 1. The van der Waals surface area contributed by atoms with Crippen LogP contribution in [0.3, 0.4) is 0 Å². The number of nitrogens with zero attached hydrogens (tertiary/aromatic N) is 2. The van der Waals surface area contributed by atoms with Gasteiger partial charge in [-0.3, -0.25) is 9.79 Å². The molecule has 1 saturated heterocycles. The van der Waals surface area contributed by atoms with Gasteiger partial charge in [0.2, 0.25) is 5.91 Å². The average molecular weight is 357 g/mol. The highest BCUT2D eigenvalue weighted by Crippen LogP contribution is 2.31. The number of nitrogens with one attached hydrogen (secondary N) is 2. The topological polar surface area (TPSA) is 56.7 Å². The lowest BCUT2D eigenvalue weighted by Crippen LogP contribution is -2.38. The molecule has 5 heteroatoms. The highest BCUT2D eigenvalue weighted by molar-refractivity contribution is 5.80. The van der Waals surface area contributed by atoms with Gasteiger partial charge in [0.15, 0.2) is 5.96 Å². The van der Waals surface area contributed by atoms with Crippen molar-refractivity contribution in [3.63, 3.8) is 0 Å². The number of hydrogen-bond acceptors (Lipinski definition) is 2. The summed E-state index contributed by atoms with van der Waals surface area (Å²) in [7, 11) is 0. The summed E-state index contributed by atoms with van der Waals surface area (Å²) in [6.45, 7) is 6.29. The van der Waals surface area contributed by atoms with Gasteiger partial charge in [-0.15, -0.1) is 0 Å². The minimum absolute atomic E-state index is 0.271. The highest BCUT2D eigenvalue weighted by atomic mass is 16.2. The first-order valence-electron chi connectivity index (χ1n) is 10.1. The van der Waals surface area contributed by atoms with Crippen molar-refractivity contribution in [3.05, 3.63) is 35.9 Å². The van der Waals surface area contributed by atoms with E-state index in [0.29, 0.717) is 18.9 Å². The number of likely N-dealkylation sites (tertiary alicyclic amines) is 1. The van der Waals surface area contributed by atoms with Crippen LogP contribution in [0.4, 0.5) is 0 Å². The number of rotatable bonds is 9. The molecular weight excluding hydrogens is 324 g/mol. The van der Waals surface area contributed by atoms with Crippen LogP contribution in [0.25, 0.3) is 0 Å². The summed E-state index contributed by atoms with van der Waals surface area (Å²) in [5.74, 6) is 2.42.